The Bertz CT molecular complexity index is 1880. The molecule has 2 aliphatic heterocycles. The van der Waals surface area contributed by atoms with Crippen LogP contribution in [0.5, 0.6) is 0 Å². The van der Waals surface area contributed by atoms with Gasteiger partial charge in [-0.15, -0.1) is 5.10 Å². The van der Waals surface area contributed by atoms with Crippen LogP contribution < -0.4 is 4.90 Å². The number of nitrogens with zero attached hydrogens (tertiary/aromatic N) is 8. The fraction of sp³-hybridized carbons (Fsp3) is 0.242. The van der Waals surface area contributed by atoms with E-state index in [0.717, 1.165) is 66.9 Å². The standard InChI is InChI=1S/C33H27F3N8O/c34-26-8-11-29-28(17-26)31-39-40-41-44(31)21-32(29,45)33(35,36)30-12-7-25(19-38-30)24-5-9-27(10-6-24)43-15-13-42(14-16-43)20-23-3-1-22(18-37)2-4-23/h1-12,17,19,45H,13-16,20-21H2/t32-/m0/s1. The number of pyridine rings is 1. The average molecular weight is 609 g/mol. The molecule has 1 N–H and O–H groups in total. The van der Waals surface area contributed by atoms with Gasteiger partial charge in [-0.2, -0.15) is 14.0 Å². The predicted octanol–water partition coefficient (Wildman–Crippen LogP) is 4.73. The van der Waals surface area contributed by atoms with Crippen molar-refractivity contribution in [1.82, 2.24) is 30.1 Å². The molecule has 0 unspecified atom stereocenters. The summed E-state index contributed by atoms with van der Waals surface area (Å²) in [6.45, 7) is 3.75. The smallest absolute Gasteiger partial charge is 0.323 e. The lowest BCUT2D eigenvalue weighted by Crippen LogP contribution is -2.49. The monoisotopic (exact) mass is 608 g/mol. The van der Waals surface area contributed by atoms with Gasteiger partial charge in [0.25, 0.3) is 0 Å². The van der Waals surface area contributed by atoms with Crippen molar-refractivity contribution < 1.29 is 18.3 Å². The lowest BCUT2D eigenvalue weighted by Gasteiger charge is -2.39. The molecule has 9 nitrogen and oxygen atoms in total. The third-order valence-electron chi connectivity index (χ3n) is 8.61. The summed E-state index contributed by atoms with van der Waals surface area (Å²) in [5, 5.41) is 31.5. The average Bonchev–Trinajstić information content (AvgIpc) is 3.54. The van der Waals surface area contributed by atoms with E-state index in [9.17, 15) is 9.50 Å². The van der Waals surface area contributed by atoms with Crippen LogP contribution in [-0.4, -0.2) is 61.4 Å². The summed E-state index contributed by atoms with van der Waals surface area (Å²) in [6.07, 6.45) is 1.36. The molecule has 0 saturated carbocycles. The van der Waals surface area contributed by atoms with Gasteiger partial charge in [-0.3, -0.25) is 9.88 Å². The number of halogens is 3. The molecule has 3 aromatic carbocycles. The van der Waals surface area contributed by atoms with Crippen LogP contribution in [0.15, 0.2) is 85.1 Å². The summed E-state index contributed by atoms with van der Waals surface area (Å²) in [4.78, 5) is 8.77. The van der Waals surface area contributed by atoms with Crippen molar-refractivity contribution in [3.05, 3.63) is 113 Å². The number of tetrazole rings is 1. The Labute approximate surface area is 256 Å². The number of benzene rings is 3. The molecule has 2 aromatic heterocycles. The molecule has 7 rings (SSSR count). The largest absolute Gasteiger partial charge is 0.377 e. The van der Waals surface area contributed by atoms with Crippen molar-refractivity contribution in [2.24, 2.45) is 0 Å². The summed E-state index contributed by atoms with van der Waals surface area (Å²) < 4.78 is 47.2. The third-order valence-corrected chi connectivity index (χ3v) is 8.61. The maximum atomic E-state index is 16.1. The van der Waals surface area contributed by atoms with Crippen molar-refractivity contribution in [3.63, 3.8) is 0 Å². The molecule has 2 aliphatic rings. The number of fused-ring (bicyclic) bond motifs is 3. The zero-order chi connectivity index (χ0) is 31.2. The first-order valence-electron chi connectivity index (χ1n) is 14.5. The van der Waals surface area contributed by atoms with E-state index in [1.54, 1.807) is 6.07 Å². The van der Waals surface area contributed by atoms with E-state index in [-0.39, 0.29) is 17.0 Å². The van der Waals surface area contributed by atoms with Gasteiger partial charge in [-0.05, 0) is 64.0 Å². The van der Waals surface area contributed by atoms with Crippen molar-refractivity contribution in [2.75, 3.05) is 31.1 Å². The molecule has 12 heteroatoms. The van der Waals surface area contributed by atoms with Crippen molar-refractivity contribution >= 4 is 5.69 Å². The summed E-state index contributed by atoms with van der Waals surface area (Å²) >= 11 is 0. The molecule has 4 heterocycles. The number of nitriles is 1. The predicted molar refractivity (Wildman–Crippen MR) is 159 cm³/mol. The highest BCUT2D eigenvalue weighted by Crippen LogP contribution is 2.50. The molecule has 45 heavy (non-hydrogen) atoms. The fourth-order valence-electron chi connectivity index (χ4n) is 6.07. The first kappa shape index (κ1) is 28.6. The summed E-state index contributed by atoms with van der Waals surface area (Å²) in [5.74, 6) is -4.42. The molecule has 5 aromatic rings. The Morgan fingerprint density at radius 2 is 1.64 bits per heavy atom. The fourth-order valence-corrected chi connectivity index (χ4v) is 6.07. The van der Waals surface area contributed by atoms with Crippen LogP contribution in [0.25, 0.3) is 22.5 Å². The van der Waals surface area contributed by atoms with Gasteiger partial charge in [0.05, 0.1) is 18.2 Å². The number of piperazine rings is 1. The number of hydrogen-bond acceptors (Lipinski definition) is 8. The number of aromatic nitrogens is 5. The molecule has 1 saturated heterocycles. The van der Waals surface area contributed by atoms with Crippen LogP contribution in [0.3, 0.4) is 0 Å². The van der Waals surface area contributed by atoms with Crippen LogP contribution in [0, 0.1) is 17.1 Å². The lowest BCUT2D eigenvalue weighted by molar-refractivity contribution is -0.207. The Morgan fingerprint density at radius 3 is 2.33 bits per heavy atom. The second-order valence-electron chi connectivity index (χ2n) is 11.3. The quantitative estimate of drug-likeness (QED) is 0.295. The molecule has 0 spiro atoms. The van der Waals surface area contributed by atoms with E-state index >= 15 is 8.78 Å². The van der Waals surface area contributed by atoms with Gasteiger partial charge >= 0.3 is 5.92 Å². The summed E-state index contributed by atoms with van der Waals surface area (Å²) in [7, 11) is 0. The highest BCUT2D eigenvalue weighted by Gasteiger charge is 2.59. The highest BCUT2D eigenvalue weighted by atomic mass is 19.3. The molecule has 0 bridgehead atoms. The Morgan fingerprint density at radius 1 is 0.911 bits per heavy atom. The van der Waals surface area contributed by atoms with Crippen LogP contribution >= 0.6 is 0 Å². The maximum Gasteiger partial charge on any atom is 0.323 e. The second kappa shape index (κ2) is 11.1. The molecule has 226 valence electrons. The summed E-state index contributed by atoms with van der Waals surface area (Å²) in [6, 6.07) is 23.7. The van der Waals surface area contributed by atoms with Gasteiger partial charge in [0, 0.05) is 61.3 Å². The van der Waals surface area contributed by atoms with Crippen molar-refractivity contribution in [1.29, 1.82) is 5.26 Å². The highest BCUT2D eigenvalue weighted by molar-refractivity contribution is 5.67. The Kier molecular flexibility index (Phi) is 7.07. The number of hydrogen-bond donors (Lipinski definition) is 1. The van der Waals surface area contributed by atoms with Crippen LogP contribution in [0.1, 0.15) is 22.4 Å². The minimum atomic E-state index is -3.85. The van der Waals surface area contributed by atoms with E-state index in [0.29, 0.717) is 11.1 Å². The summed E-state index contributed by atoms with van der Waals surface area (Å²) in [5.41, 5.74) is 0.806. The molecule has 1 atom stereocenters. The van der Waals surface area contributed by atoms with Gasteiger partial charge in [0.1, 0.15) is 11.5 Å². The molecule has 1 fully saturated rings. The molecule has 0 amide bonds. The van der Waals surface area contributed by atoms with Gasteiger partial charge in [-0.25, -0.2) is 9.07 Å². The van der Waals surface area contributed by atoms with E-state index in [4.69, 9.17) is 5.26 Å². The van der Waals surface area contributed by atoms with Gasteiger partial charge in [0.2, 0.25) is 0 Å². The van der Waals surface area contributed by atoms with Gasteiger partial charge in [0.15, 0.2) is 11.4 Å². The molecular weight excluding hydrogens is 581 g/mol. The third kappa shape index (κ3) is 5.09. The number of rotatable bonds is 6. The van der Waals surface area contributed by atoms with Crippen molar-refractivity contribution in [3.8, 4) is 28.6 Å². The number of alkyl halides is 2. The molecule has 0 radical (unpaired) electrons. The lowest BCUT2D eigenvalue weighted by atomic mass is 9.80. The van der Waals surface area contributed by atoms with Gasteiger partial charge in [-0.1, -0.05) is 36.4 Å². The SMILES string of the molecule is N#Cc1ccc(CN2CCN(c3ccc(-c4ccc(C(F)(F)[C@]5(O)Cn6nnnc6-c6cc(F)ccc65)nc4)cc3)CC2)cc1. The van der Waals surface area contributed by atoms with Crippen LogP contribution in [0.2, 0.25) is 0 Å². The zero-order valence-electron chi connectivity index (χ0n) is 24.0. The minimum Gasteiger partial charge on any atom is -0.377 e. The first-order chi connectivity index (χ1) is 21.7. The molecular formula is C33H27F3N8O. The first-order valence-corrected chi connectivity index (χ1v) is 14.5. The second-order valence-corrected chi connectivity index (χ2v) is 11.3. The minimum absolute atomic E-state index is 0.00199. The number of anilines is 1. The Balaban J connectivity index is 1.04. The van der Waals surface area contributed by atoms with Crippen LogP contribution in [-0.2, 0) is 24.6 Å². The normalized spacial score (nSPS) is 18.2. The van der Waals surface area contributed by atoms with E-state index in [1.807, 2.05) is 48.5 Å². The van der Waals surface area contributed by atoms with E-state index in [1.165, 1.54) is 17.8 Å². The van der Waals surface area contributed by atoms with Crippen LogP contribution in [0.4, 0.5) is 18.9 Å². The Hall–Kier alpha value is -5.12. The zero-order valence-corrected chi connectivity index (χ0v) is 24.0. The molecule has 0 aliphatic carbocycles. The topological polar surface area (TPSA) is 107 Å². The van der Waals surface area contributed by atoms with Gasteiger partial charge < -0.3 is 10.0 Å². The van der Waals surface area contributed by atoms with E-state index in [2.05, 4.69) is 36.4 Å². The number of aliphatic hydroxyl groups is 1. The van der Waals surface area contributed by atoms with Crippen molar-refractivity contribution in [2.45, 2.75) is 24.6 Å². The maximum absolute atomic E-state index is 16.1. The van der Waals surface area contributed by atoms with E-state index < -0.39 is 29.6 Å².